The lowest BCUT2D eigenvalue weighted by atomic mass is 10.1. The van der Waals surface area contributed by atoms with Crippen LogP contribution in [0.1, 0.15) is 15.9 Å². The Morgan fingerprint density at radius 3 is 2.80 bits per heavy atom. The summed E-state index contributed by atoms with van der Waals surface area (Å²) in [4.78, 5) is 14.9. The molecule has 1 aromatic carbocycles. The van der Waals surface area contributed by atoms with E-state index in [1.54, 1.807) is 19.2 Å². The van der Waals surface area contributed by atoms with E-state index in [4.69, 9.17) is 4.74 Å². The standard InChI is InChI=1S/C12H11NO2/c1-8-5-10-4-3-9(7-14)6-11(10)13-12(8)15-2/h3-7H,1-2H3. The van der Waals surface area contributed by atoms with Gasteiger partial charge in [0.2, 0.25) is 5.88 Å². The molecule has 0 atom stereocenters. The summed E-state index contributed by atoms with van der Waals surface area (Å²) >= 11 is 0. The quantitative estimate of drug-likeness (QED) is 0.700. The topological polar surface area (TPSA) is 39.2 Å². The van der Waals surface area contributed by atoms with Crippen LogP contribution >= 0.6 is 0 Å². The molecule has 0 bridgehead atoms. The lowest BCUT2D eigenvalue weighted by Crippen LogP contribution is -1.92. The van der Waals surface area contributed by atoms with Crippen LogP contribution in [0.3, 0.4) is 0 Å². The number of hydrogen-bond donors (Lipinski definition) is 0. The fraction of sp³-hybridized carbons (Fsp3) is 0.167. The van der Waals surface area contributed by atoms with E-state index < -0.39 is 0 Å². The summed E-state index contributed by atoms with van der Waals surface area (Å²) < 4.78 is 5.13. The van der Waals surface area contributed by atoms with Gasteiger partial charge >= 0.3 is 0 Å². The molecule has 0 amide bonds. The van der Waals surface area contributed by atoms with Crippen LogP contribution in [-0.2, 0) is 0 Å². The zero-order valence-corrected chi connectivity index (χ0v) is 8.65. The predicted octanol–water partition coefficient (Wildman–Crippen LogP) is 2.36. The molecule has 0 N–H and O–H groups in total. The number of fused-ring (bicyclic) bond motifs is 1. The molecule has 76 valence electrons. The first-order valence-corrected chi connectivity index (χ1v) is 4.65. The molecule has 0 saturated heterocycles. The molecule has 2 rings (SSSR count). The van der Waals surface area contributed by atoms with Crippen molar-refractivity contribution in [3.05, 3.63) is 35.4 Å². The summed E-state index contributed by atoms with van der Waals surface area (Å²) in [5, 5.41) is 1.01. The number of carbonyl (C=O) groups excluding carboxylic acids is 1. The van der Waals surface area contributed by atoms with Crippen molar-refractivity contribution >= 4 is 17.2 Å². The predicted molar refractivity (Wildman–Crippen MR) is 58.4 cm³/mol. The van der Waals surface area contributed by atoms with Gasteiger partial charge in [0.05, 0.1) is 12.6 Å². The monoisotopic (exact) mass is 201 g/mol. The number of rotatable bonds is 2. The summed E-state index contributed by atoms with van der Waals surface area (Å²) in [5.74, 6) is 0.602. The van der Waals surface area contributed by atoms with E-state index in [1.165, 1.54) is 0 Å². The van der Waals surface area contributed by atoms with Gasteiger partial charge in [-0.15, -0.1) is 0 Å². The SMILES string of the molecule is COc1nc2cc(C=O)ccc2cc1C. The number of aryl methyl sites for hydroxylation is 1. The summed E-state index contributed by atoms with van der Waals surface area (Å²) in [6.07, 6.45) is 0.813. The van der Waals surface area contributed by atoms with Crippen molar-refractivity contribution in [1.29, 1.82) is 0 Å². The van der Waals surface area contributed by atoms with Crippen LogP contribution in [0.4, 0.5) is 0 Å². The van der Waals surface area contributed by atoms with Gasteiger partial charge in [-0.25, -0.2) is 4.98 Å². The molecule has 15 heavy (non-hydrogen) atoms. The van der Waals surface area contributed by atoms with Crippen LogP contribution in [0, 0.1) is 6.92 Å². The van der Waals surface area contributed by atoms with E-state index in [9.17, 15) is 4.79 Å². The van der Waals surface area contributed by atoms with Crippen LogP contribution in [0.25, 0.3) is 10.9 Å². The second-order valence-electron chi connectivity index (χ2n) is 3.38. The van der Waals surface area contributed by atoms with Gasteiger partial charge in [-0.05, 0) is 19.1 Å². The van der Waals surface area contributed by atoms with E-state index in [-0.39, 0.29) is 0 Å². The number of methoxy groups -OCH3 is 1. The van der Waals surface area contributed by atoms with Crippen LogP contribution < -0.4 is 4.74 Å². The van der Waals surface area contributed by atoms with Gasteiger partial charge < -0.3 is 4.74 Å². The molecule has 0 saturated carbocycles. The molecule has 0 fully saturated rings. The zero-order chi connectivity index (χ0) is 10.8. The van der Waals surface area contributed by atoms with E-state index in [0.717, 1.165) is 22.8 Å². The number of pyridine rings is 1. The number of carbonyl (C=O) groups is 1. The van der Waals surface area contributed by atoms with Gasteiger partial charge in [-0.1, -0.05) is 12.1 Å². The fourth-order valence-corrected chi connectivity index (χ4v) is 1.55. The number of nitrogens with zero attached hydrogens (tertiary/aromatic N) is 1. The summed E-state index contributed by atoms with van der Waals surface area (Å²) in [5.41, 5.74) is 2.40. The maximum atomic E-state index is 10.6. The number of benzene rings is 1. The molecular formula is C12H11NO2. The van der Waals surface area contributed by atoms with Crippen molar-refractivity contribution in [2.24, 2.45) is 0 Å². The number of aromatic nitrogens is 1. The Labute approximate surface area is 87.7 Å². The first-order chi connectivity index (χ1) is 7.24. The highest BCUT2D eigenvalue weighted by atomic mass is 16.5. The van der Waals surface area contributed by atoms with Crippen molar-refractivity contribution in [1.82, 2.24) is 4.98 Å². The first kappa shape index (κ1) is 9.65. The number of aldehydes is 1. The summed E-state index contributed by atoms with van der Waals surface area (Å²) in [6, 6.07) is 7.42. The maximum Gasteiger partial charge on any atom is 0.216 e. The van der Waals surface area contributed by atoms with Crippen LogP contribution in [0.15, 0.2) is 24.3 Å². The molecule has 3 heteroatoms. The van der Waals surface area contributed by atoms with Gasteiger partial charge in [0, 0.05) is 16.5 Å². The zero-order valence-electron chi connectivity index (χ0n) is 8.65. The molecule has 1 heterocycles. The van der Waals surface area contributed by atoms with Crippen molar-refractivity contribution in [3.8, 4) is 5.88 Å². The molecule has 0 radical (unpaired) electrons. The van der Waals surface area contributed by atoms with Gasteiger partial charge in [0.25, 0.3) is 0 Å². The molecule has 3 nitrogen and oxygen atoms in total. The van der Waals surface area contributed by atoms with Gasteiger partial charge in [0.1, 0.15) is 6.29 Å². The minimum atomic E-state index is 0.602. The highest BCUT2D eigenvalue weighted by Gasteiger charge is 2.03. The van der Waals surface area contributed by atoms with E-state index in [2.05, 4.69) is 4.98 Å². The minimum absolute atomic E-state index is 0.602. The van der Waals surface area contributed by atoms with E-state index in [0.29, 0.717) is 11.4 Å². The van der Waals surface area contributed by atoms with Crippen molar-refractivity contribution < 1.29 is 9.53 Å². The highest BCUT2D eigenvalue weighted by molar-refractivity contribution is 5.87. The fourth-order valence-electron chi connectivity index (χ4n) is 1.55. The van der Waals surface area contributed by atoms with E-state index >= 15 is 0 Å². The van der Waals surface area contributed by atoms with Crippen molar-refractivity contribution in [2.75, 3.05) is 7.11 Å². The Morgan fingerprint density at radius 1 is 1.33 bits per heavy atom. The van der Waals surface area contributed by atoms with Crippen LogP contribution in [-0.4, -0.2) is 18.4 Å². The molecule has 0 aliphatic heterocycles. The average molecular weight is 201 g/mol. The molecule has 0 spiro atoms. The molecule has 1 aromatic heterocycles. The second kappa shape index (κ2) is 3.69. The van der Waals surface area contributed by atoms with Crippen LogP contribution in [0.5, 0.6) is 5.88 Å². The molecule has 0 aliphatic carbocycles. The van der Waals surface area contributed by atoms with Crippen molar-refractivity contribution in [2.45, 2.75) is 6.92 Å². The Hall–Kier alpha value is -1.90. The third-order valence-electron chi connectivity index (χ3n) is 2.32. The number of ether oxygens (including phenoxy) is 1. The summed E-state index contributed by atoms with van der Waals surface area (Å²) in [7, 11) is 1.59. The Kier molecular flexibility index (Phi) is 2.37. The van der Waals surface area contributed by atoms with Gasteiger partial charge in [0.15, 0.2) is 0 Å². The minimum Gasteiger partial charge on any atom is -0.481 e. The second-order valence-corrected chi connectivity index (χ2v) is 3.38. The summed E-state index contributed by atoms with van der Waals surface area (Å²) in [6.45, 7) is 1.94. The molecule has 0 unspecified atom stereocenters. The van der Waals surface area contributed by atoms with Crippen molar-refractivity contribution in [3.63, 3.8) is 0 Å². The van der Waals surface area contributed by atoms with Crippen LogP contribution in [0.2, 0.25) is 0 Å². The normalized spacial score (nSPS) is 10.3. The molecular weight excluding hydrogens is 190 g/mol. The molecule has 0 aliphatic rings. The smallest absolute Gasteiger partial charge is 0.216 e. The molecule has 2 aromatic rings. The van der Waals surface area contributed by atoms with Gasteiger partial charge in [-0.2, -0.15) is 0 Å². The lowest BCUT2D eigenvalue weighted by molar-refractivity contribution is 0.112. The average Bonchev–Trinajstić information content (AvgIpc) is 2.27. The third-order valence-corrected chi connectivity index (χ3v) is 2.32. The largest absolute Gasteiger partial charge is 0.481 e. The van der Waals surface area contributed by atoms with E-state index in [1.807, 2.05) is 19.1 Å². The Balaban J connectivity index is 2.71. The Morgan fingerprint density at radius 2 is 2.13 bits per heavy atom. The highest BCUT2D eigenvalue weighted by Crippen LogP contribution is 2.21. The Bertz CT molecular complexity index is 520. The third kappa shape index (κ3) is 1.68. The maximum absolute atomic E-state index is 10.6. The van der Waals surface area contributed by atoms with Gasteiger partial charge in [-0.3, -0.25) is 4.79 Å². The number of hydrogen-bond acceptors (Lipinski definition) is 3. The first-order valence-electron chi connectivity index (χ1n) is 4.65. The lowest BCUT2D eigenvalue weighted by Gasteiger charge is -2.05.